The summed E-state index contributed by atoms with van der Waals surface area (Å²) in [4.78, 5) is 17.4. The second-order valence-electron chi connectivity index (χ2n) is 6.32. The molecule has 4 nitrogen and oxygen atoms in total. The van der Waals surface area contributed by atoms with Gasteiger partial charge in [0.1, 0.15) is 5.65 Å². The van der Waals surface area contributed by atoms with Crippen molar-refractivity contribution in [2.75, 3.05) is 5.32 Å². The van der Waals surface area contributed by atoms with Crippen molar-refractivity contribution < 1.29 is 4.79 Å². The van der Waals surface area contributed by atoms with Crippen molar-refractivity contribution >= 4 is 28.8 Å². The number of hydrogen-bond acceptors (Lipinski definition) is 2. The van der Waals surface area contributed by atoms with Crippen LogP contribution in [0.15, 0.2) is 42.6 Å². The smallest absolute Gasteiger partial charge is 0.227 e. The first-order valence-corrected chi connectivity index (χ1v) is 8.51. The number of anilines is 1. The highest BCUT2D eigenvalue weighted by molar-refractivity contribution is 6.31. The molecule has 0 saturated carbocycles. The van der Waals surface area contributed by atoms with E-state index in [1.165, 1.54) is 0 Å². The first-order valence-electron chi connectivity index (χ1n) is 8.13. The van der Waals surface area contributed by atoms with E-state index in [9.17, 15) is 4.79 Å². The van der Waals surface area contributed by atoms with E-state index in [0.29, 0.717) is 11.4 Å². The van der Waals surface area contributed by atoms with Crippen LogP contribution in [0.4, 0.5) is 5.69 Å². The topological polar surface area (TPSA) is 46.4 Å². The maximum Gasteiger partial charge on any atom is 0.227 e. The Labute approximate surface area is 145 Å². The second kappa shape index (κ2) is 5.95. The second-order valence-corrected chi connectivity index (χ2v) is 6.76. The summed E-state index contributed by atoms with van der Waals surface area (Å²) in [5.74, 6) is 0.00730. The van der Waals surface area contributed by atoms with Crippen molar-refractivity contribution in [1.82, 2.24) is 9.38 Å². The molecule has 1 N–H and O–H groups in total. The van der Waals surface area contributed by atoms with Gasteiger partial charge in [-0.25, -0.2) is 4.98 Å². The molecule has 4 rings (SSSR count). The molecular weight excluding hydrogens is 322 g/mol. The van der Waals surface area contributed by atoms with E-state index in [4.69, 9.17) is 11.6 Å². The summed E-state index contributed by atoms with van der Waals surface area (Å²) < 4.78 is 2.10. The number of imidazole rings is 1. The lowest BCUT2D eigenvalue weighted by atomic mass is 9.89. The number of rotatable bonds is 2. The highest BCUT2D eigenvalue weighted by Gasteiger charge is 2.28. The maximum absolute atomic E-state index is 12.7. The number of aromatic nitrogens is 2. The predicted octanol–water partition coefficient (Wildman–Crippen LogP) is 4.04. The minimum Gasteiger partial charge on any atom is -0.326 e. The lowest BCUT2D eigenvalue weighted by Crippen LogP contribution is -2.28. The minimum atomic E-state index is -0.0454. The molecule has 0 radical (unpaired) electrons. The molecule has 0 fully saturated rings. The number of hydrogen-bond donors (Lipinski definition) is 1. The van der Waals surface area contributed by atoms with E-state index in [1.54, 1.807) is 6.07 Å². The van der Waals surface area contributed by atoms with Crippen LogP contribution in [0.1, 0.15) is 23.4 Å². The van der Waals surface area contributed by atoms with Gasteiger partial charge in [-0.15, -0.1) is 0 Å². The van der Waals surface area contributed by atoms with E-state index >= 15 is 0 Å². The molecule has 24 heavy (non-hydrogen) atoms. The molecule has 0 aliphatic heterocycles. The molecule has 5 heteroatoms. The van der Waals surface area contributed by atoms with E-state index in [0.717, 1.165) is 41.1 Å². The van der Waals surface area contributed by atoms with Crippen molar-refractivity contribution in [1.29, 1.82) is 0 Å². The third kappa shape index (κ3) is 2.67. The zero-order valence-corrected chi connectivity index (χ0v) is 14.2. The summed E-state index contributed by atoms with van der Waals surface area (Å²) in [5, 5.41) is 3.67. The fourth-order valence-electron chi connectivity index (χ4n) is 3.35. The van der Waals surface area contributed by atoms with E-state index in [2.05, 4.69) is 14.7 Å². The summed E-state index contributed by atoms with van der Waals surface area (Å²) in [6.45, 7) is 1.97. The number of aryl methyl sites for hydroxylation is 2. The van der Waals surface area contributed by atoms with Gasteiger partial charge in [-0.05, 0) is 49.6 Å². The van der Waals surface area contributed by atoms with Crippen LogP contribution in [0.25, 0.3) is 5.65 Å². The van der Waals surface area contributed by atoms with Gasteiger partial charge >= 0.3 is 0 Å². The quantitative estimate of drug-likeness (QED) is 0.766. The summed E-state index contributed by atoms with van der Waals surface area (Å²) >= 11 is 6.04. The Balaban J connectivity index is 1.57. The van der Waals surface area contributed by atoms with Gasteiger partial charge in [-0.3, -0.25) is 4.79 Å². The van der Waals surface area contributed by atoms with Crippen LogP contribution in [0.3, 0.4) is 0 Å². The van der Waals surface area contributed by atoms with E-state index < -0.39 is 0 Å². The Bertz CT molecular complexity index is 932. The standard InChI is InChI=1S/C19H18ClN3O/c1-12-5-7-14(20)11-16(12)22-19(24)13-6-8-15-17(10-13)23-9-3-2-4-18(23)21-15/h2-5,7,9,11,13H,6,8,10H2,1H3,(H,22,24). The van der Waals surface area contributed by atoms with Gasteiger partial charge in [0.05, 0.1) is 5.69 Å². The summed E-state index contributed by atoms with van der Waals surface area (Å²) in [5.41, 5.74) is 5.02. The van der Waals surface area contributed by atoms with Crippen LogP contribution in [-0.2, 0) is 17.6 Å². The van der Waals surface area contributed by atoms with Gasteiger partial charge in [0.15, 0.2) is 0 Å². The molecule has 2 heterocycles. The molecule has 0 saturated heterocycles. The molecule has 0 bridgehead atoms. The van der Waals surface area contributed by atoms with Crippen LogP contribution < -0.4 is 5.32 Å². The van der Waals surface area contributed by atoms with E-state index in [-0.39, 0.29) is 11.8 Å². The Morgan fingerprint density at radius 1 is 1.33 bits per heavy atom. The van der Waals surface area contributed by atoms with Crippen molar-refractivity contribution in [3.63, 3.8) is 0 Å². The Morgan fingerprint density at radius 3 is 3.08 bits per heavy atom. The Morgan fingerprint density at radius 2 is 2.21 bits per heavy atom. The number of carbonyl (C=O) groups excluding carboxylic acids is 1. The number of benzene rings is 1. The molecule has 1 aromatic carbocycles. The normalized spacial score (nSPS) is 16.8. The fraction of sp³-hybridized carbons (Fsp3) is 0.263. The molecule has 0 spiro atoms. The molecular formula is C19H18ClN3O. The number of nitrogens with one attached hydrogen (secondary N) is 1. The third-order valence-electron chi connectivity index (χ3n) is 4.71. The first-order chi connectivity index (χ1) is 11.6. The highest BCUT2D eigenvalue weighted by Crippen LogP contribution is 2.28. The summed E-state index contributed by atoms with van der Waals surface area (Å²) in [7, 11) is 0. The number of halogens is 1. The van der Waals surface area contributed by atoms with Crippen LogP contribution in [0, 0.1) is 12.8 Å². The minimum absolute atomic E-state index is 0.0454. The molecule has 1 aliphatic carbocycles. The van der Waals surface area contributed by atoms with Gasteiger partial charge in [-0.1, -0.05) is 23.7 Å². The SMILES string of the molecule is Cc1ccc(Cl)cc1NC(=O)C1CCc2nc3ccccn3c2C1. The number of pyridine rings is 1. The van der Waals surface area contributed by atoms with Crippen molar-refractivity contribution in [2.24, 2.45) is 5.92 Å². The molecule has 1 amide bonds. The predicted molar refractivity (Wildman–Crippen MR) is 95.5 cm³/mol. The van der Waals surface area contributed by atoms with Crippen molar-refractivity contribution in [3.05, 3.63) is 64.6 Å². The molecule has 2 aromatic heterocycles. The van der Waals surface area contributed by atoms with E-state index in [1.807, 2.05) is 43.5 Å². The van der Waals surface area contributed by atoms with Crippen molar-refractivity contribution in [2.45, 2.75) is 26.2 Å². The average Bonchev–Trinajstić information content (AvgIpc) is 2.96. The Hall–Kier alpha value is -2.33. The number of amides is 1. The molecule has 3 aromatic rings. The monoisotopic (exact) mass is 339 g/mol. The zero-order valence-electron chi connectivity index (χ0n) is 13.4. The van der Waals surface area contributed by atoms with Crippen LogP contribution >= 0.6 is 11.6 Å². The average molecular weight is 340 g/mol. The summed E-state index contributed by atoms with van der Waals surface area (Å²) in [6, 6.07) is 11.5. The Kier molecular flexibility index (Phi) is 3.77. The third-order valence-corrected chi connectivity index (χ3v) is 4.94. The van der Waals surface area contributed by atoms with Gasteiger partial charge in [0.2, 0.25) is 5.91 Å². The molecule has 1 atom stereocenters. The molecule has 1 unspecified atom stereocenters. The van der Waals surface area contributed by atoms with Gasteiger partial charge in [0.25, 0.3) is 0 Å². The van der Waals surface area contributed by atoms with Crippen LogP contribution in [0.2, 0.25) is 5.02 Å². The lowest BCUT2D eigenvalue weighted by molar-refractivity contribution is -0.120. The number of fused-ring (bicyclic) bond motifs is 3. The maximum atomic E-state index is 12.7. The highest BCUT2D eigenvalue weighted by atomic mass is 35.5. The van der Waals surface area contributed by atoms with Crippen molar-refractivity contribution in [3.8, 4) is 0 Å². The molecule has 122 valence electrons. The first kappa shape index (κ1) is 15.2. The number of carbonyl (C=O) groups is 1. The summed E-state index contributed by atoms with van der Waals surface area (Å²) in [6.07, 6.45) is 4.39. The zero-order chi connectivity index (χ0) is 16.7. The van der Waals surface area contributed by atoms with Gasteiger partial charge in [-0.2, -0.15) is 0 Å². The lowest BCUT2D eigenvalue weighted by Gasteiger charge is -2.22. The fourth-order valence-corrected chi connectivity index (χ4v) is 3.52. The molecule has 1 aliphatic rings. The van der Waals surface area contributed by atoms with Crippen LogP contribution in [-0.4, -0.2) is 15.3 Å². The van der Waals surface area contributed by atoms with Gasteiger partial charge in [0, 0.05) is 34.9 Å². The van der Waals surface area contributed by atoms with Gasteiger partial charge < -0.3 is 9.72 Å². The number of nitrogens with zero attached hydrogens (tertiary/aromatic N) is 2. The van der Waals surface area contributed by atoms with Crippen LogP contribution in [0.5, 0.6) is 0 Å². The largest absolute Gasteiger partial charge is 0.326 e.